The standard InChI is InChI=1S/C18H23F3N4O/c1-3-25(4-2)15-9-10-24(11-15)12-16-22-17(23-26-16)13-5-7-14(8-6-13)18(19,20)21/h5-8,15H,3-4,9-12H2,1-2H3. The maximum Gasteiger partial charge on any atom is 0.416 e. The molecule has 0 amide bonds. The van der Waals surface area contributed by atoms with E-state index in [1.807, 2.05) is 0 Å². The summed E-state index contributed by atoms with van der Waals surface area (Å²) < 4.78 is 43.2. The number of hydrogen-bond donors (Lipinski definition) is 0. The molecule has 0 aliphatic carbocycles. The van der Waals surface area contributed by atoms with Crippen LogP contribution in [-0.2, 0) is 12.7 Å². The molecule has 5 nitrogen and oxygen atoms in total. The summed E-state index contributed by atoms with van der Waals surface area (Å²) in [4.78, 5) is 9.05. The van der Waals surface area contributed by atoms with Crippen LogP contribution < -0.4 is 0 Å². The van der Waals surface area contributed by atoms with Gasteiger partial charge in [0, 0.05) is 24.7 Å². The maximum absolute atomic E-state index is 12.6. The minimum Gasteiger partial charge on any atom is -0.338 e. The fourth-order valence-electron chi connectivity index (χ4n) is 3.43. The third-order valence-corrected chi connectivity index (χ3v) is 4.87. The first-order chi connectivity index (χ1) is 12.4. The molecule has 0 spiro atoms. The molecule has 0 bridgehead atoms. The van der Waals surface area contributed by atoms with E-state index in [-0.39, 0.29) is 0 Å². The Labute approximate surface area is 150 Å². The van der Waals surface area contributed by atoms with E-state index in [0.717, 1.165) is 44.7 Å². The van der Waals surface area contributed by atoms with Gasteiger partial charge in [-0.1, -0.05) is 31.1 Å². The minimum atomic E-state index is -4.35. The summed E-state index contributed by atoms with van der Waals surface area (Å²) in [5.74, 6) is 0.799. The fraction of sp³-hybridized carbons (Fsp3) is 0.556. The van der Waals surface area contributed by atoms with Crippen molar-refractivity contribution in [1.82, 2.24) is 19.9 Å². The predicted molar refractivity (Wildman–Crippen MR) is 91.3 cm³/mol. The van der Waals surface area contributed by atoms with Crippen LogP contribution in [0.4, 0.5) is 13.2 Å². The lowest BCUT2D eigenvalue weighted by Crippen LogP contribution is -2.37. The van der Waals surface area contributed by atoms with Crippen molar-refractivity contribution in [1.29, 1.82) is 0 Å². The number of likely N-dealkylation sites (tertiary alicyclic amines) is 1. The second kappa shape index (κ2) is 7.75. The molecule has 1 aromatic carbocycles. The van der Waals surface area contributed by atoms with Crippen LogP contribution in [0.15, 0.2) is 28.8 Å². The van der Waals surface area contributed by atoms with Gasteiger partial charge in [0.15, 0.2) is 0 Å². The molecule has 1 unspecified atom stereocenters. The molecule has 1 aromatic heterocycles. The van der Waals surface area contributed by atoms with Crippen molar-refractivity contribution >= 4 is 0 Å². The highest BCUT2D eigenvalue weighted by Crippen LogP contribution is 2.30. The van der Waals surface area contributed by atoms with E-state index in [1.165, 1.54) is 12.1 Å². The van der Waals surface area contributed by atoms with Crippen LogP contribution in [0.25, 0.3) is 11.4 Å². The normalized spacial score (nSPS) is 18.8. The Bertz CT molecular complexity index is 710. The topological polar surface area (TPSA) is 45.4 Å². The summed E-state index contributed by atoms with van der Waals surface area (Å²) in [5.41, 5.74) is -0.181. The van der Waals surface area contributed by atoms with Crippen LogP contribution in [0.2, 0.25) is 0 Å². The highest BCUT2D eigenvalue weighted by atomic mass is 19.4. The third-order valence-electron chi connectivity index (χ3n) is 4.87. The molecule has 1 fully saturated rings. The monoisotopic (exact) mass is 368 g/mol. The number of likely N-dealkylation sites (N-methyl/N-ethyl adjacent to an activating group) is 1. The SMILES string of the molecule is CCN(CC)C1CCN(Cc2nc(-c3ccc(C(F)(F)F)cc3)no2)C1. The number of halogens is 3. The number of nitrogens with zero attached hydrogens (tertiary/aromatic N) is 4. The molecule has 1 atom stereocenters. The largest absolute Gasteiger partial charge is 0.416 e. The van der Waals surface area contributed by atoms with Gasteiger partial charge in [-0.3, -0.25) is 9.80 Å². The summed E-state index contributed by atoms with van der Waals surface area (Å²) in [6, 6.07) is 5.33. The molecule has 2 aromatic rings. The molecule has 0 radical (unpaired) electrons. The van der Waals surface area contributed by atoms with Gasteiger partial charge in [-0.05, 0) is 31.6 Å². The first-order valence-electron chi connectivity index (χ1n) is 8.87. The number of alkyl halides is 3. The van der Waals surface area contributed by atoms with Crippen molar-refractivity contribution in [2.24, 2.45) is 0 Å². The third kappa shape index (κ3) is 4.24. The number of hydrogen-bond acceptors (Lipinski definition) is 5. The molecule has 0 N–H and O–H groups in total. The van der Waals surface area contributed by atoms with E-state index >= 15 is 0 Å². The lowest BCUT2D eigenvalue weighted by atomic mass is 10.1. The number of aromatic nitrogens is 2. The quantitative estimate of drug-likeness (QED) is 0.778. The smallest absolute Gasteiger partial charge is 0.338 e. The Balaban J connectivity index is 1.62. The second-order valence-corrected chi connectivity index (χ2v) is 6.49. The van der Waals surface area contributed by atoms with Crippen LogP contribution in [-0.4, -0.2) is 52.2 Å². The average Bonchev–Trinajstić information content (AvgIpc) is 3.26. The van der Waals surface area contributed by atoms with Crippen molar-refractivity contribution in [3.05, 3.63) is 35.7 Å². The lowest BCUT2D eigenvalue weighted by Gasteiger charge is -2.25. The molecule has 142 valence electrons. The van der Waals surface area contributed by atoms with Gasteiger partial charge in [0.25, 0.3) is 0 Å². The van der Waals surface area contributed by atoms with Gasteiger partial charge in [0.2, 0.25) is 11.7 Å². The Morgan fingerprint density at radius 2 is 1.88 bits per heavy atom. The molecule has 1 aliphatic rings. The van der Waals surface area contributed by atoms with Gasteiger partial charge in [-0.25, -0.2) is 0 Å². The Morgan fingerprint density at radius 1 is 1.19 bits per heavy atom. The van der Waals surface area contributed by atoms with E-state index in [0.29, 0.717) is 29.9 Å². The second-order valence-electron chi connectivity index (χ2n) is 6.49. The van der Waals surface area contributed by atoms with E-state index in [2.05, 4.69) is 33.8 Å². The highest BCUT2D eigenvalue weighted by Gasteiger charge is 2.30. The van der Waals surface area contributed by atoms with Gasteiger partial charge >= 0.3 is 6.18 Å². The first kappa shape index (κ1) is 18.8. The zero-order valence-corrected chi connectivity index (χ0v) is 15.0. The van der Waals surface area contributed by atoms with E-state index in [9.17, 15) is 13.2 Å². The van der Waals surface area contributed by atoms with Crippen LogP contribution >= 0.6 is 0 Å². The summed E-state index contributed by atoms with van der Waals surface area (Å²) >= 11 is 0. The Hall–Kier alpha value is -1.93. The fourth-order valence-corrected chi connectivity index (χ4v) is 3.43. The first-order valence-corrected chi connectivity index (χ1v) is 8.87. The predicted octanol–water partition coefficient (Wildman–Crippen LogP) is 3.67. The van der Waals surface area contributed by atoms with E-state index in [4.69, 9.17) is 4.52 Å². The molecular weight excluding hydrogens is 345 g/mol. The van der Waals surface area contributed by atoms with Crippen molar-refractivity contribution < 1.29 is 17.7 Å². The van der Waals surface area contributed by atoms with Crippen molar-refractivity contribution in [3.63, 3.8) is 0 Å². The van der Waals surface area contributed by atoms with Crippen molar-refractivity contribution in [2.75, 3.05) is 26.2 Å². The lowest BCUT2D eigenvalue weighted by molar-refractivity contribution is -0.137. The van der Waals surface area contributed by atoms with Gasteiger partial charge in [-0.15, -0.1) is 0 Å². The Morgan fingerprint density at radius 3 is 2.50 bits per heavy atom. The number of rotatable bonds is 6. The van der Waals surface area contributed by atoms with Gasteiger partial charge in [0.05, 0.1) is 12.1 Å². The minimum absolute atomic E-state index is 0.313. The molecule has 26 heavy (non-hydrogen) atoms. The van der Waals surface area contributed by atoms with Crippen molar-refractivity contribution in [3.8, 4) is 11.4 Å². The molecule has 0 saturated carbocycles. The Kier molecular flexibility index (Phi) is 5.62. The van der Waals surface area contributed by atoms with Gasteiger partial charge in [-0.2, -0.15) is 18.2 Å². The van der Waals surface area contributed by atoms with Crippen molar-refractivity contribution in [2.45, 2.75) is 39.0 Å². The van der Waals surface area contributed by atoms with Gasteiger partial charge < -0.3 is 4.52 Å². The van der Waals surface area contributed by atoms with Crippen LogP contribution in [0.1, 0.15) is 31.7 Å². The van der Waals surface area contributed by atoms with Crippen LogP contribution in [0.5, 0.6) is 0 Å². The number of benzene rings is 1. The molecule has 1 saturated heterocycles. The zero-order chi connectivity index (χ0) is 18.7. The summed E-state index contributed by atoms with van der Waals surface area (Å²) in [6.45, 7) is 8.90. The zero-order valence-electron chi connectivity index (χ0n) is 15.0. The van der Waals surface area contributed by atoms with Crippen LogP contribution in [0, 0.1) is 0 Å². The summed E-state index contributed by atoms with van der Waals surface area (Å²) in [5, 5.41) is 3.90. The molecule has 2 heterocycles. The molecular formula is C18H23F3N4O. The summed E-state index contributed by atoms with van der Waals surface area (Å²) in [7, 11) is 0. The average molecular weight is 368 g/mol. The van der Waals surface area contributed by atoms with Gasteiger partial charge in [0.1, 0.15) is 0 Å². The van der Waals surface area contributed by atoms with Crippen LogP contribution in [0.3, 0.4) is 0 Å². The molecule has 3 rings (SSSR count). The maximum atomic E-state index is 12.6. The van der Waals surface area contributed by atoms with E-state index < -0.39 is 11.7 Å². The van der Waals surface area contributed by atoms with E-state index in [1.54, 1.807) is 0 Å². The summed E-state index contributed by atoms with van der Waals surface area (Å²) in [6.07, 6.45) is -3.24. The highest BCUT2D eigenvalue weighted by molar-refractivity contribution is 5.54. The molecule has 1 aliphatic heterocycles. The molecule has 8 heteroatoms.